The molecule has 0 aliphatic heterocycles. The molecule has 0 spiro atoms. The zero-order valence-electron chi connectivity index (χ0n) is 6.76. The Kier molecular flexibility index (Phi) is 4.81. The highest BCUT2D eigenvalue weighted by molar-refractivity contribution is 6.76. The lowest BCUT2D eigenvalue weighted by atomic mass is 10.4. The summed E-state index contributed by atoms with van der Waals surface area (Å²) in [4.78, 5) is 22.4. The molecule has 0 unspecified atom stereocenters. The van der Waals surface area contributed by atoms with Gasteiger partial charge in [0.1, 0.15) is 6.54 Å². The number of nitrogens with zero attached hydrogens (tertiary/aromatic N) is 1. The second-order valence-electron chi connectivity index (χ2n) is 2.21. The Hall–Kier alpha value is -0.190. The van der Waals surface area contributed by atoms with E-state index in [1.165, 1.54) is 0 Å². The molecule has 76 valence electrons. The molecule has 0 saturated heterocycles. The van der Waals surface area contributed by atoms with Gasteiger partial charge in [0, 0.05) is 6.54 Å². The van der Waals surface area contributed by atoms with Gasteiger partial charge in [-0.3, -0.25) is 9.59 Å². The van der Waals surface area contributed by atoms with Gasteiger partial charge in [-0.2, -0.15) is 0 Å². The molecule has 0 atom stereocenters. The van der Waals surface area contributed by atoms with Crippen LogP contribution in [0.25, 0.3) is 0 Å². The van der Waals surface area contributed by atoms with Gasteiger partial charge in [-0.1, -0.05) is 34.8 Å². The van der Waals surface area contributed by atoms with Gasteiger partial charge in [0.2, 0.25) is 0 Å². The van der Waals surface area contributed by atoms with Crippen molar-refractivity contribution in [3.63, 3.8) is 0 Å². The van der Waals surface area contributed by atoms with E-state index < -0.39 is 22.2 Å². The van der Waals surface area contributed by atoms with Crippen molar-refractivity contribution >= 4 is 46.7 Å². The molecule has 0 saturated carbocycles. The number of aliphatic carboxylic acids is 1. The molecule has 0 aromatic rings. The molecule has 0 heterocycles. The van der Waals surface area contributed by atoms with Crippen molar-refractivity contribution in [3.8, 4) is 0 Å². The van der Waals surface area contributed by atoms with Crippen LogP contribution in [0.5, 0.6) is 0 Å². The summed E-state index contributed by atoms with van der Waals surface area (Å²) in [5.74, 6) is -1.98. The number of carbonyl (C=O) groups is 2. The average molecular weight is 248 g/mol. The van der Waals surface area contributed by atoms with Gasteiger partial charge in [0.05, 0.1) is 0 Å². The molecule has 0 bridgehead atoms. The van der Waals surface area contributed by atoms with Crippen molar-refractivity contribution in [2.75, 3.05) is 13.1 Å². The highest BCUT2D eigenvalue weighted by Gasteiger charge is 2.35. The number of likely N-dealkylation sites (N-methyl/N-ethyl adjacent to an activating group) is 1. The molecule has 1 N–H and O–H groups in total. The Morgan fingerprint density at radius 2 is 1.85 bits per heavy atom. The van der Waals surface area contributed by atoms with Crippen LogP contribution < -0.4 is 0 Å². The third-order valence-corrected chi connectivity index (χ3v) is 1.72. The predicted octanol–water partition coefficient (Wildman–Crippen LogP) is 1.29. The zero-order chi connectivity index (χ0) is 10.6. The van der Waals surface area contributed by atoms with Gasteiger partial charge in [-0.25, -0.2) is 0 Å². The fourth-order valence-electron chi connectivity index (χ4n) is 0.670. The topological polar surface area (TPSA) is 57.6 Å². The van der Waals surface area contributed by atoms with Gasteiger partial charge in [0.25, 0.3) is 9.70 Å². The Bertz CT molecular complexity index is 214. The van der Waals surface area contributed by atoms with E-state index in [0.717, 1.165) is 4.90 Å². The van der Waals surface area contributed by atoms with Crippen molar-refractivity contribution in [2.24, 2.45) is 0 Å². The number of halogens is 3. The number of hydrogen-bond donors (Lipinski definition) is 1. The van der Waals surface area contributed by atoms with E-state index in [2.05, 4.69) is 0 Å². The third kappa shape index (κ3) is 4.55. The first kappa shape index (κ1) is 12.8. The monoisotopic (exact) mass is 247 g/mol. The van der Waals surface area contributed by atoms with Crippen LogP contribution in [-0.2, 0) is 9.59 Å². The van der Waals surface area contributed by atoms with E-state index in [9.17, 15) is 9.59 Å². The highest BCUT2D eigenvalue weighted by atomic mass is 35.6. The second kappa shape index (κ2) is 4.88. The quantitative estimate of drug-likeness (QED) is 0.766. The largest absolute Gasteiger partial charge is 0.480 e. The summed E-state index contributed by atoms with van der Waals surface area (Å²) in [5.41, 5.74) is 0. The van der Waals surface area contributed by atoms with Crippen molar-refractivity contribution in [1.29, 1.82) is 0 Å². The molecule has 0 fully saturated rings. The number of carboxylic acids is 1. The molecule has 0 aliphatic carbocycles. The van der Waals surface area contributed by atoms with Crippen molar-refractivity contribution < 1.29 is 14.7 Å². The zero-order valence-corrected chi connectivity index (χ0v) is 9.03. The first-order valence-electron chi connectivity index (χ1n) is 3.37. The summed E-state index contributed by atoms with van der Waals surface area (Å²) in [5, 5.41) is 8.41. The van der Waals surface area contributed by atoms with E-state index in [-0.39, 0.29) is 6.54 Å². The lowest BCUT2D eigenvalue weighted by Crippen LogP contribution is -2.42. The molecule has 4 nitrogen and oxygen atoms in total. The van der Waals surface area contributed by atoms with Crippen LogP contribution in [0, 0.1) is 0 Å². The van der Waals surface area contributed by atoms with Crippen LogP contribution >= 0.6 is 34.8 Å². The minimum Gasteiger partial charge on any atom is -0.480 e. The number of rotatable bonds is 3. The minimum absolute atomic E-state index is 0.180. The molecule has 0 radical (unpaired) electrons. The summed E-state index contributed by atoms with van der Waals surface area (Å²) in [6, 6.07) is 0. The van der Waals surface area contributed by atoms with Crippen LogP contribution in [0.1, 0.15) is 6.92 Å². The molecule has 0 aliphatic rings. The van der Waals surface area contributed by atoms with Crippen LogP contribution in [-0.4, -0.2) is 38.8 Å². The second-order valence-corrected chi connectivity index (χ2v) is 4.49. The van der Waals surface area contributed by atoms with Crippen LogP contribution in [0.3, 0.4) is 0 Å². The van der Waals surface area contributed by atoms with E-state index in [0.29, 0.717) is 0 Å². The van der Waals surface area contributed by atoms with Crippen LogP contribution in [0.2, 0.25) is 0 Å². The van der Waals surface area contributed by atoms with E-state index in [1.807, 2.05) is 0 Å². The lowest BCUT2D eigenvalue weighted by Gasteiger charge is -2.22. The summed E-state index contributed by atoms with van der Waals surface area (Å²) >= 11 is 15.9. The normalized spacial score (nSPS) is 11.1. The molecule has 0 rings (SSSR count). The number of carbonyl (C=O) groups excluding carboxylic acids is 1. The molecular formula is C6H8Cl3NO3. The fourth-order valence-corrected chi connectivity index (χ4v) is 1.03. The predicted molar refractivity (Wildman–Crippen MR) is 50.2 cm³/mol. The Morgan fingerprint density at radius 3 is 2.08 bits per heavy atom. The van der Waals surface area contributed by atoms with Gasteiger partial charge in [0.15, 0.2) is 0 Å². The van der Waals surface area contributed by atoms with Crippen molar-refractivity contribution in [3.05, 3.63) is 0 Å². The third-order valence-electron chi connectivity index (χ3n) is 1.24. The summed E-state index contributed by atoms with van der Waals surface area (Å²) in [6.45, 7) is 1.31. The number of hydrogen-bond acceptors (Lipinski definition) is 2. The first-order chi connectivity index (χ1) is 5.79. The summed E-state index contributed by atoms with van der Waals surface area (Å²) in [7, 11) is 0. The van der Waals surface area contributed by atoms with Gasteiger partial charge in [-0.05, 0) is 6.92 Å². The molecule has 7 heteroatoms. The van der Waals surface area contributed by atoms with Gasteiger partial charge in [-0.15, -0.1) is 0 Å². The van der Waals surface area contributed by atoms with E-state index in [1.54, 1.807) is 6.92 Å². The van der Waals surface area contributed by atoms with E-state index in [4.69, 9.17) is 39.9 Å². The maximum absolute atomic E-state index is 11.2. The van der Waals surface area contributed by atoms with Crippen LogP contribution in [0.15, 0.2) is 0 Å². The first-order valence-corrected chi connectivity index (χ1v) is 4.50. The molecule has 13 heavy (non-hydrogen) atoms. The minimum atomic E-state index is -2.09. The number of amides is 1. The summed E-state index contributed by atoms with van der Waals surface area (Å²) in [6.07, 6.45) is 0. The average Bonchev–Trinajstić information content (AvgIpc) is 1.96. The van der Waals surface area contributed by atoms with E-state index >= 15 is 0 Å². The van der Waals surface area contributed by atoms with Gasteiger partial charge >= 0.3 is 5.97 Å². The molecule has 1 amide bonds. The number of carboxylic acid groups (broad SMARTS) is 1. The standard InChI is InChI=1S/C6H8Cl3NO3/c1-2-10(3-4(11)12)5(13)6(7,8)9/h2-3H2,1H3,(H,11,12). The van der Waals surface area contributed by atoms with Crippen molar-refractivity contribution in [2.45, 2.75) is 10.7 Å². The highest BCUT2D eigenvalue weighted by Crippen LogP contribution is 2.28. The van der Waals surface area contributed by atoms with Crippen molar-refractivity contribution in [1.82, 2.24) is 4.90 Å². The maximum Gasteiger partial charge on any atom is 0.323 e. The Morgan fingerprint density at radius 1 is 1.38 bits per heavy atom. The number of alkyl halides is 3. The smallest absolute Gasteiger partial charge is 0.323 e. The lowest BCUT2D eigenvalue weighted by molar-refractivity contribution is -0.143. The van der Waals surface area contributed by atoms with Gasteiger partial charge < -0.3 is 10.0 Å². The Labute approximate surface area is 90.4 Å². The fraction of sp³-hybridized carbons (Fsp3) is 0.667. The molecule has 0 aromatic carbocycles. The van der Waals surface area contributed by atoms with Crippen LogP contribution in [0.4, 0.5) is 0 Å². The molecule has 0 aromatic heterocycles. The Balaban J connectivity index is 4.41. The SMILES string of the molecule is CCN(CC(=O)O)C(=O)C(Cl)(Cl)Cl. The summed E-state index contributed by atoms with van der Waals surface area (Å²) < 4.78 is -2.09. The maximum atomic E-state index is 11.2. The molecular weight excluding hydrogens is 240 g/mol.